The van der Waals surface area contributed by atoms with Gasteiger partial charge in [0.2, 0.25) is 0 Å². The molecule has 0 radical (unpaired) electrons. The first kappa shape index (κ1) is 15.0. The molecule has 1 aliphatic rings. The zero-order valence-corrected chi connectivity index (χ0v) is 12.8. The molecule has 0 bridgehead atoms. The van der Waals surface area contributed by atoms with Crippen LogP contribution < -0.4 is 16.3 Å². The topological polar surface area (TPSA) is 60.6 Å². The molecule has 0 saturated carbocycles. The molecule has 108 valence electrons. The van der Waals surface area contributed by atoms with Crippen LogP contribution in [0.15, 0.2) is 30.7 Å². The maximum absolute atomic E-state index is 6.01. The van der Waals surface area contributed by atoms with Gasteiger partial charge in [-0.3, -0.25) is 9.99 Å². The fraction of sp³-hybridized carbons (Fsp3) is 0.500. The summed E-state index contributed by atoms with van der Waals surface area (Å²) in [5.74, 6) is 5.90. The van der Waals surface area contributed by atoms with E-state index in [2.05, 4.69) is 4.98 Å². The Morgan fingerprint density at radius 2 is 1.80 bits per heavy atom. The van der Waals surface area contributed by atoms with Crippen molar-refractivity contribution in [2.45, 2.75) is 45.8 Å². The molecule has 0 aliphatic carbocycles. The highest BCUT2D eigenvalue weighted by Gasteiger charge is 2.51. The van der Waals surface area contributed by atoms with E-state index >= 15 is 0 Å². The summed E-state index contributed by atoms with van der Waals surface area (Å²) in [5, 5.41) is 1.52. The molecule has 2 heterocycles. The monoisotopic (exact) mass is 275 g/mol. The molecule has 1 aromatic heterocycles. The van der Waals surface area contributed by atoms with E-state index in [1.165, 1.54) is 5.01 Å². The highest BCUT2D eigenvalue weighted by molar-refractivity contribution is 6.62. The van der Waals surface area contributed by atoms with Gasteiger partial charge < -0.3 is 9.31 Å². The molecule has 0 unspecified atom stereocenters. The summed E-state index contributed by atoms with van der Waals surface area (Å²) in [4.78, 5) is 4.21. The van der Waals surface area contributed by atoms with Gasteiger partial charge in [-0.1, -0.05) is 6.08 Å². The molecule has 2 rings (SSSR count). The molecule has 1 aliphatic heterocycles. The van der Waals surface area contributed by atoms with Crippen LogP contribution in [0.1, 0.15) is 34.6 Å². The summed E-state index contributed by atoms with van der Waals surface area (Å²) < 4.78 is 12.0. The minimum atomic E-state index is -0.425. The molecule has 1 saturated heterocycles. The maximum Gasteiger partial charge on any atom is 0.496 e. The molecule has 1 aromatic rings. The van der Waals surface area contributed by atoms with E-state index in [1.54, 1.807) is 18.6 Å². The number of hydrogen-bond donors (Lipinski definition) is 1. The number of hydrogen-bond acceptors (Lipinski definition) is 5. The lowest BCUT2D eigenvalue weighted by Crippen LogP contribution is -2.41. The second-order valence-electron chi connectivity index (χ2n) is 5.95. The molecule has 0 aromatic carbocycles. The Labute approximate surface area is 120 Å². The number of pyridine rings is 1. The van der Waals surface area contributed by atoms with Crippen LogP contribution in [-0.2, 0) is 9.31 Å². The summed E-state index contributed by atoms with van der Waals surface area (Å²) in [6.07, 6.45) is 7.08. The van der Waals surface area contributed by atoms with Crippen molar-refractivity contribution in [3.63, 3.8) is 0 Å². The molecule has 0 spiro atoms. The van der Waals surface area contributed by atoms with E-state index in [9.17, 15) is 0 Å². The molecule has 6 heteroatoms. The van der Waals surface area contributed by atoms with Gasteiger partial charge in [0.15, 0.2) is 0 Å². The number of allylic oxidation sites excluding steroid dienone is 1. The van der Waals surface area contributed by atoms with Crippen LogP contribution in [-0.4, -0.2) is 23.3 Å². The minimum Gasteiger partial charge on any atom is -0.399 e. The van der Waals surface area contributed by atoms with Gasteiger partial charge in [-0.05, 0) is 40.7 Å². The van der Waals surface area contributed by atoms with Crippen molar-refractivity contribution in [2.24, 2.45) is 5.84 Å². The summed E-state index contributed by atoms with van der Waals surface area (Å²) in [6, 6.07) is 1.93. The molecular formula is C14H22BN3O2. The summed E-state index contributed by atoms with van der Waals surface area (Å²) in [7, 11) is -0.425. The van der Waals surface area contributed by atoms with Gasteiger partial charge in [0, 0.05) is 17.9 Å². The van der Waals surface area contributed by atoms with Crippen molar-refractivity contribution >= 4 is 18.3 Å². The van der Waals surface area contributed by atoms with Crippen molar-refractivity contribution in [3.8, 4) is 0 Å². The lowest BCUT2D eigenvalue weighted by molar-refractivity contribution is 0.00578. The van der Waals surface area contributed by atoms with Crippen LogP contribution in [0.4, 0.5) is 5.69 Å². The zero-order chi connectivity index (χ0) is 15.0. The Bertz CT molecular complexity index is 501. The molecule has 1 fully saturated rings. The van der Waals surface area contributed by atoms with Gasteiger partial charge in [-0.2, -0.15) is 0 Å². The van der Waals surface area contributed by atoms with Crippen LogP contribution in [0.2, 0.25) is 0 Å². The van der Waals surface area contributed by atoms with E-state index < -0.39 is 7.12 Å². The third-order valence-corrected chi connectivity index (χ3v) is 3.88. The Kier molecular flexibility index (Phi) is 3.91. The first-order valence-corrected chi connectivity index (χ1v) is 6.74. The number of aromatic nitrogens is 1. The molecule has 0 atom stereocenters. The Balaban J connectivity index is 2.25. The summed E-state index contributed by atoms with van der Waals surface area (Å²) in [5.41, 5.74) is 0.926. The van der Waals surface area contributed by atoms with Crippen LogP contribution in [0.3, 0.4) is 0 Å². The number of hydrazine groups is 1. The first-order chi connectivity index (χ1) is 9.27. The van der Waals surface area contributed by atoms with Gasteiger partial charge in [-0.25, -0.2) is 5.84 Å². The van der Waals surface area contributed by atoms with E-state index in [1.807, 2.05) is 46.8 Å². The van der Waals surface area contributed by atoms with Crippen molar-refractivity contribution in [2.75, 3.05) is 5.01 Å². The van der Waals surface area contributed by atoms with Gasteiger partial charge in [0.1, 0.15) is 0 Å². The van der Waals surface area contributed by atoms with Crippen molar-refractivity contribution in [1.29, 1.82) is 0 Å². The second-order valence-corrected chi connectivity index (χ2v) is 5.95. The van der Waals surface area contributed by atoms with E-state index in [4.69, 9.17) is 15.2 Å². The minimum absolute atomic E-state index is 0.362. The van der Waals surface area contributed by atoms with Crippen LogP contribution >= 0.6 is 0 Å². The SMILES string of the molecule is CC=CN(N)c1cncc(B2OC(C)(C)C(C)(C)O2)c1. The Morgan fingerprint density at radius 1 is 1.20 bits per heavy atom. The maximum atomic E-state index is 6.01. The van der Waals surface area contributed by atoms with Crippen LogP contribution in [0.25, 0.3) is 0 Å². The lowest BCUT2D eigenvalue weighted by Gasteiger charge is -2.32. The first-order valence-electron chi connectivity index (χ1n) is 6.74. The molecule has 20 heavy (non-hydrogen) atoms. The number of rotatable bonds is 3. The lowest BCUT2D eigenvalue weighted by atomic mass is 9.80. The number of nitrogens with two attached hydrogens (primary N) is 1. The van der Waals surface area contributed by atoms with Crippen molar-refractivity contribution < 1.29 is 9.31 Å². The van der Waals surface area contributed by atoms with Gasteiger partial charge in [-0.15, -0.1) is 0 Å². The van der Waals surface area contributed by atoms with E-state index in [-0.39, 0.29) is 11.2 Å². The number of nitrogens with zero attached hydrogens (tertiary/aromatic N) is 2. The summed E-state index contributed by atoms with van der Waals surface area (Å²) >= 11 is 0. The van der Waals surface area contributed by atoms with Crippen molar-refractivity contribution in [1.82, 2.24) is 4.98 Å². The van der Waals surface area contributed by atoms with Crippen LogP contribution in [0.5, 0.6) is 0 Å². The fourth-order valence-electron chi connectivity index (χ4n) is 1.94. The predicted molar refractivity (Wildman–Crippen MR) is 81.4 cm³/mol. The molecular weight excluding hydrogens is 253 g/mol. The smallest absolute Gasteiger partial charge is 0.399 e. The largest absolute Gasteiger partial charge is 0.496 e. The third-order valence-electron chi connectivity index (χ3n) is 3.88. The molecule has 5 nitrogen and oxygen atoms in total. The standard InChI is InChI=1S/C14H22BN3O2/c1-6-7-18(16)12-8-11(9-17-10-12)15-19-13(2,3)14(4,5)20-15/h6-10H,16H2,1-5H3. The second kappa shape index (κ2) is 5.20. The third kappa shape index (κ3) is 2.72. The van der Waals surface area contributed by atoms with Gasteiger partial charge >= 0.3 is 7.12 Å². The van der Waals surface area contributed by atoms with E-state index in [0.29, 0.717) is 0 Å². The summed E-state index contributed by atoms with van der Waals surface area (Å²) in [6.45, 7) is 10.0. The van der Waals surface area contributed by atoms with Gasteiger partial charge in [0.05, 0.1) is 23.1 Å². The van der Waals surface area contributed by atoms with Crippen LogP contribution in [0, 0.1) is 0 Å². The molecule has 0 amide bonds. The quantitative estimate of drug-likeness (QED) is 0.515. The van der Waals surface area contributed by atoms with E-state index in [0.717, 1.165) is 11.2 Å². The average Bonchev–Trinajstić information content (AvgIpc) is 2.59. The molecule has 2 N–H and O–H groups in total. The average molecular weight is 275 g/mol. The van der Waals surface area contributed by atoms with Crippen molar-refractivity contribution in [3.05, 3.63) is 30.7 Å². The van der Waals surface area contributed by atoms with Gasteiger partial charge in [0.25, 0.3) is 0 Å². The highest BCUT2D eigenvalue weighted by atomic mass is 16.7. The fourth-order valence-corrected chi connectivity index (χ4v) is 1.94. The Morgan fingerprint density at radius 3 is 2.35 bits per heavy atom. The predicted octanol–water partition coefficient (Wildman–Crippen LogP) is 1.59. The number of anilines is 1. The normalized spacial score (nSPS) is 20.6. The zero-order valence-electron chi connectivity index (χ0n) is 12.8. The highest BCUT2D eigenvalue weighted by Crippen LogP contribution is 2.36. The Hall–Kier alpha value is -1.37.